The van der Waals surface area contributed by atoms with Crippen LogP contribution in [0.5, 0.6) is 0 Å². The zero-order chi connectivity index (χ0) is 14.0. The lowest BCUT2D eigenvalue weighted by atomic mass is 10.2. The normalized spacial score (nSPS) is 10.5. The number of carboxylic acids is 1. The van der Waals surface area contributed by atoms with Crippen LogP contribution in [0.4, 0.5) is 5.13 Å². The van der Waals surface area contributed by atoms with Crippen LogP contribution in [-0.2, 0) is 0 Å². The van der Waals surface area contributed by atoms with Crippen LogP contribution in [-0.4, -0.2) is 40.4 Å². The van der Waals surface area contributed by atoms with E-state index in [2.05, 4.69) is 15.2 Å². The number of aryl methyl sites for hydroxylation is 1. The molecule has 0 fully saturated rings. The number of pyridine rings is 1. The van der Waals surface area contributed by atoms with E-state index in [0.29, 0.717) is 9.24 Å². The van der Waals surface area contributed by atoms with Crippen molar-refractivity contribution in [1.82, 2.24) is 15.2 Å². The molecule has 100 valence electrons. The summed E-state index contributed by atoms with van der Waals surface area (Å²) in [6.45, 7) is 1.82. The summed E-state index contributed by atoms with van der Waals surface area (Å²) in [4.78, 5) is 17.6. The van der Waals surface area contributed by atoms with Crippen LogP contribution < -0.4 is 4.90 Å². The minimum absolute atomic E-state index is 0.178. The van der Waals surface area contributed by atoms with Gasteiger partial charge in [-0.2, -0.15) is 0 Å². The highest BCUT2D eigenvalue weighted by atomic mass is 32.2. The van der Waals surface area contributed by atoms with Crippen LogP contribution in [0.1, 0.15) is 16.1 Å². The lowest BCUT2D eigenvalue weighted by Gasteiger charge is -2.05. The Morgan fingerprint density at radius 3 is 2.74 bits per heavy atom. The number of hydrogen-bond acceptors (Lipinski definition) is 7. The second-order valence-corrected chi connectivity index (χ2v) is 6.22. The number of nitrogens with zero attached hydrogens (tertiary/aromatic N) is 4. The summed E-state index contributed by atoms with van der Waals surface area (Å²) in [6, 6.07) is 1.74. The van der Waals surface area contributed by atoms with Gasteiger partial charge in [-0.3, -0.25) is 4.98 Å². The van der Waals surface area contributed by atoms with E-state index in [1.807, 2.05) is 25.9 Å². The van der Waals surface area contributed by atoms with E-state index < -0.39 is 5.97 Å². The van der Waals surface area contributed by atoms with Crippen LogP contribution in [0.25, 0.3) is 0 Å². The van der Waals surface area contributed by atoms with E-state index in [1.165, 1.54) is 29.3 Å². The molecule has 0 aliphatic rings. The number of hydrogen-bond donors (Lipinski definition) is 1. The zero-order valence-electron chi connectivity index (χ0n) is 10.6. The second-order valence-electron chi connectivity index (χ2n) is 3.97. The average Bonchev–Trinajstić information content (AvgIpc) is 2.77. The number of anilines is 1. The molecule has 2 heterocycles. The van der Waals surface area contributed by atoms with Gasteiger partial charge in [0, 0.05) is 30.9 Å². The van der Waals surface area contributed by atoms with Crippen molar-refractivity contribution in [2.75, 3.05) is 19.0 Å². The van der Waals surface area contributed by atoms with Crippen molar-refractivity contribution in [2.45, 2.75) is 16.2 Å². The molecular formula is C11H12N4O2S2. The fourth-order valence-corrected chi connectivity index (χ4v) is 3.21. The van der Waals surface area contributed by atoms with Gasteiger partial charge in [-0.05, 0) is 13.0 Å². The Morgan fingerprint density at radius 1 is 1.42 bits per heavy atom. The van der Waals surface area contributed by atoms with Crippen molar-refractivity contribution in [1.29, 1.82) is 0 Å². The van der Waals surface area contributed by atoms with E-state index >= 15 is 0 Å². The predicted molar refractivity (Wildman–Crippen MR) is 74.3 cm³/mol. The zero-order valence-corrected chi connectivity index (χ0v) is 12.2. The van der Waals surface area contributed by atoms with Gasteiger partial charge in [-0.15, -0.1) is 10.2 Å². The highest BCUT2D eigenvalue weighted by Gasteiger charge is 2.15. The maximum atomic E-state index is 11.1. The molecule has 0 unspecified atom stereocenters. The van der Waals surface area contributed by atoms with Crippen LogP contribution in [0.3, 0.4) is 0 Å². The van der Waals surface area contributed by atoms with Gasteiger partial charge in [0.15, 0.2) is 4.34 Å². The summed E-state index contributed by atoms with van der Waals surface area (Å²) in [5.74, 6) is -0.993. The monoisotopic (exact) mass is 296 g/mol. The summed E-state index contributed by atoms with van der Waals surface area (Å²) in [5, 5.41) is 18.0. The quantitative estimate of drug-likeness (QED) is 0.926. The maximum absolute atomic E-state index is 11.1. The number of carboxylic acid groups (broad SMARTS) is 1. The van der Waals surface area contributed by atoms with Crippen molar-refractivity contribution >= 4 is 34.2 Å². The minimum atomic E-state index is -0.993. The first kappa shape index (κ1) is 13.8. The maximum Gasteiger partial charge on any atom is 0.338 e. The van der Waals surface area contributed by atoms with Gasteiger partial charge in [-0.25, -0.2) is 4.79 Å². The molecule has 2 aromatic rings. The third-order valence-corrected chi connectivity index (χ3v) is 4.41. The van der Waals surface area contributed by atoms with Crippen molar-refractivity contribution < 1.29 is 9.90 Å². The molecule has 0 spiro atoms. The summed E-state index contributed by atoms with van der Waals surface area (Å²) in [7, 11) is 3.77. The van der Waals surface area contributed by atoms with Gasteiger partial charge in [0.05, 0.1) is 5.56 Å². The Morgan fingerprint density at radius 2 is 2.16 bits per heavy atom. The Hall–Kier alpha value is -1.67. The Balaban J connectivity index is 2.31. The molecule has 19 heavy (non-hydrogen) atoms. The molecule has 0 radical (unpaired) electrons. The van der Waals surface area contributed by atoms with E-state index in [0.717, 1.165) is 10.8 Å². The van der Waals surface area contributed by atoms with Crippen LogP contribution in [0, 0.1) is 6.92 Å². The molecule has 0 saturated carbocycles. The molecule has 0 aliphatic carbocycles. The smallest absolute Gasteiger partial charge is 0.338 e. The average molecular weight is 296 g/mol. The molecule has 2 rings (SSSR count). The van der Waals surface area contributed by atoms with E-state index in [1.54, 1.807) is 6.07 Å². The Bertz CT molecular complexity index is 612. The van der Waals surface area contributed by atoms with Crippen LogP contribution in [0.15, 0.2) is 21.5 Å². The third kappa shape index (κ3) is 3.21. The molecule has 0 amide bonds. The third-order valence-electron chi connectivity index (χ3n) is 2.21. The first-order valence-corrected chi connectivity index (χ1v) is 6.99. The highest BCUT2D eigenvalue weighted by Crippen LogP contribution is 2.34. The van der Waals surface area contributed by atoms with Crippen molar-refractivity contribution in [3.63, 3.8) is 0 Å². The Kier molecular flexibility index (Phi) is 4.01. The predicted octanol–water partition coefficient (Wildman–Crippen LogP) is 2.16. The standard InChI is InChI=1S/C11H12N4O2S2/c1-6-4-8(7(5-12-6)9(16)17)18-11-14-13-10(19-11)15(2)3/h4-5H,1-3H3,(H,16,17). The summed E-state index contributed by atoms with van der Waals surface area (Å²) in [6.07, 6.45) is 1.37. The molecule has 0 atom stereocenters. The summed E-state index contributed by atoms with van der Waals surface area (Å²) in [5.41, 5.74) is 0.946. The first-order chi connectivity index (χ1) is 8.97. The van der Waals surface area contributed by atoms with Gasteiger partial charge >= 0.3 is 5.97 Å². The summed E-state index contributed by atoms with van der Waals surface area (Å²) >= 11 is 2.71. The molecule has 1 N–H and O–H groups in total. The molecular weight excluding hydrogens is 284 g/mol. The molecule has 8 heteroatoms. The lowest BCUT2D eigenvalue weighted by molar-refractivity contribution is 0.0692. The van der Waals surface area contributed by atoms with Crippen LogP contribution in [0.2, 0.25) is 0 Å². The second kappa shape index (κ2) is 5.54. The molecule has 0 aliphatic heterocycles. The Labute approximate surface area is 118 Å². The van der Waals surface area contributed by atoms with E-state index in [9.17, 15) is 4.79 Å². The highest BCUT2D eigenvalue weighted by molar-refractivity contribution is 8.01. The minimum Gasteiger partial charge on any atom is -0.478 e. The number of aromatic carboxylic acids is 1. The largest absolute Gasteiger partial charge is 0.478 e. The van der Waals surface area contributed by atoms with Gasteiger partial charge in [0.1, 0.15) is 0 Å². The van der Waals surface area contributed by atoms with Gasteiger partial charge in [0.2, 0.25) is 5.13 Å². The fraction of sp³-hybridized carbons (Fsp3) is 0.273. The van der Waals surface area contributed by atoms with E-state index in [4.69, 9.17) is 5.11 Å². The molecule has 2 aromatic heterocycles. The van der Waals surface area contributed by atoms with Gasteiger partial charge in [-0.1, -0.05) is 23.1 Å². The molecule has 0 aromatic carbocycles. The topological polar surface area (TPSA) is 79.2 Å². The summed E-state index contributed by atoms with van der Waals surface area (Å²) < 4.78 is 0.705. The van der Waals surface area contributed by atoms with Crippen LogP contribution >= 0.6 is 23.1 Å². The molecule has 0 saturated heterocycles. The van der Waals surface area contributed by atoms with Gasteiger partial charge < -0.3 is 10.0 Å². The van der Waals surface area contributed by atoms with Crippen molar-refractivity contribution in [3.8, 4) is 0 Å². The number of aromatic nitrogens is 3. The van der Waals surface area contributed by atoms with Gasteiger partial charge in [0.25, 0.3) is 0 Å². The van der Waals surface area contributed by atoms with Crippen molar-refractivity contribution in [3.05, 3.63) is 23.5 Å². The number of rotatable bonds is 4. The van der Waals surface area contributed by atoms with Crippen molar-refractivity contribution in [2.24, 2.45) is 0 Å². The van der Waals surface area contributed by atoms with E-state index in [-0.39, 0.29) is 5.56 Å². The molecule has 6 nitrogen and oxygen atoms in total. The first-order valence-electron chi connectivity index (χ1n) is 5.36. The SMILES string of the molecule is Cc1cc(Sc2nnc(N(C)C)s2)c(C(=O)O)cn1. The number of carbonyl (C=O) groups is 1. The fourth-order valence-electron chi connectivity index (χ4n) is 1.30. The lowest BCUT2D eigenvalue weighted by Crippen LogP contribution is -2.07. The molecule has 0 bridgehead atoms.